The summed E-state index contributed by atoms with van der Waals surface area (Å²) in [7, 11) is 0. The van der Waals surface area contributed by atoms with Gasteiger partial charge in [-0.25, -0.2) is 4.79 Å². The molecule has 3 heterocycles. The van der Waals surface area contributed by atoms with Crippen LogP contribution < -0.4 is 10.9 Å². The van der Waals surface area contributed by atoms with Gasteiger partial charge in [0.25, 0.3) is 11.8 Å². The second-order valence-electron chi connectivity index (χ2n) is 6.94. The number of amides is 2. The molecule has 0 aliphatic carbocycles. The Morgan fingerprint density at radius 3 is 2.68 bits per heavy atom. The fourth-order valence-corrected chi connectivity index (χ4v) is 3.46. The van der Waals surface area contributed by atoms with Crippen molar-refractivity contribution in [2.24, 2.45) is 5.92 Å². The molecule has 0 bridgehead atoms. The van der Waals surface area contributed by atoms with Gasteiger partial charge in [-0.05, 0) is 37.0 Å². The van der Waals surface area contributed by atoms with Gasteiger partial charge in [-0.2, -0.15) is 0 Å². The van der Waals surface area contributed by atoms with Gasteiger partial charge < -0.3 is 19.1 Å². The molecule has 2 amide bonds. The predicted molar refractivity (Wildman–Crippen MR) is 102 cm³/mol. The number of carbonyl (C=O) groups is 2. The van der Waals surface area contributed by atoms with Crippen molar-refractivity contribution in [1.29, 1.82) is 0 Å². The number of nitrogens with one attached hydrogen (secondary N) is 1. The Morgan fingerprint density at radius 1 is 1.14 bits per heavy atom. The van der Waals surface area contributed by atoms with Crippen molar-refractivity contribution < 1.29 is 18.4 Å². The van der Waals surface area contributed by atoms with E-state index in [-0.39, 0.29) is 17.4 Å². The molecule has 0 radical (unpaired) electrons. The topological polar surface area (TPSA) is 92.8 Å². The number of benzene rings is 1. The van der Waals surface area contributed by atoms with Crippen LogP contribution in [0.25, 0.3) is 11.0 Å². The Balaban J connectivity index is 1.33. The summed E-state index contributed by atoms with van der Waals surface area (Å²) in [5.41, 5.74) is 0.372. The van der Waals surface area contributed by atoms with E-state index in [0.29, 0.717) is 36.2 Å². The third-order valence-electron chi connectivity index (χ3n) is 5.11. The number of piperidine rings is 1. The molecule has 1 fully saturated rings. The monoisotopic (exact) mass is 380 g/mol. The first-order valence-electron chi connectivity index (χ1n) is 9.24. The summed E-state index contributed by atoms with van der Waals surface area (Å²) in [4.78, 5) is 38.6. The Hall–Kier alpha value is -3.35. The molecule has 0 atom stereocenters. The molecule has 7 nitrogen and oxygen atoms in total. The molecule has 3 aromatic rings. The highest BCUT2D eigenvalue weighted by Gasteiger charge is 2.25. The van der Waals surface area contributed by atoms with Crippen LogP contribution >= 0.6 is 0 Å². The van der Waals surface area contributed by atoms with E-state index in [4.69, 9.17) is 8.83 Å². The van der Waals surface area contributed by atoms with Gasteiger partial charge in [-0.3, -0.25) is 9.59 Å². The largest absolute Gasteiger partial charge is 0.472 e. The van der Waals surface area contributed by atoms with Gasteiger partial charge in [-0.1, -0.05) is 18.2 Å². The van der Waals surface area contributed by atoms with Gasteiger partial charge in [-0.15, -0.1) is 0 Å². The Morgan fingerprint density at radius 2 is 1.93 bits per heavy atom. The minimum atomic E-state index is -0.642. The zero-order valence-electron chi connectivity index (χ0n) is 15.2. The first kappa shape index (κ1) is 18.0. The van der Waals surface area contributed by atoms with Crippen LogP contribution in [-0.2, 0) is 0 Å². The van der Waals surface area contributed by atoms with E-state index in [1.165, 1.54) is 12.5 Å². The lowest BCUT2D eigenvalue weighted by atomic mass is 9.96. The smallest absolute Gasteiger partial charge is 0.349 e. The highest BCUT2D eigenvalue weighted by molar-refractivity contribution is 5.96. The van der Waals surface area contributed by atoms with Crippen molar-refractivity contribution in [3.05, 3.63) is 70.5 Å². The van der Waals surface area contributed by atoms with Crippen LogP contribution in [0, 0.1) is 5.92 Å². The second-order valence-corrected chi connectivity index (χ2v) is 6.94. The van der Waals surface area contributed by atoms with Crippen LogP contribution in [0.15, 0.2) is 62.6 Å². The number of furan rings is 1. The molecule has 4 rings (SSSR count). The normalized spacial score (nSPS) is 14.9. The lowest BCUT2D eigenvalue weighted by Gasteiger charge is -2.31. The maximum atomic E-state index is 12.4. The van der Waals surface area contributed by atoms with Crippen molar-refractivity contribution in [3.63, 3.8) is 0 Å². The number of hydrogen-bond donors (Lipinski definition) is 1. The van der Waals surface area contributed by atoms with Crippen LogP contribution in [0.2, 0.25) is 0 Å². The molecule has 1 aliphatic rings. The van der Waals surface area contributed by atoms with Crippen LogP contribution in [0.3, 0.4) is 0 Å². The molecule has 1 saturated heterocycles. The zero-order valence-corrected chi connectivity index (χ0v) is 15.2. The number of fused-ring (bicyclic) bond motifs is 1. The zero-order chi connectivity index (χ0) is 19.5. The average molecular weight is 380 g/mol. The summed E-state index contributed by atoms with van der Waals surface area (Å²) in [6.07, 6.45) is 4.51. The molecule has 28 heavy (non-hydrogen) atoms. The summed E-state index contributed by atoms with van der Waals surface area (Å²) in [6.45, 7) is 1.71. The molecule has 7 heteroatoms. The number of hydrogen-bond acceptors (Lipinski definition) is 5. The minimum Gasteiger partial charge on any atom is -0.472 e. The van der Waals surface area contributed by atoms with Crippen molar-refractivity contribution >= 4 is 22.8 Å². The summed E-state index contributed by atoms with van der Waals surface area (Å²) in [6, 6.07) is 10.3. The van der Waals surface area contributed by atoms with Crippen LogP contribution in [-0.4, -0.2) is 36.3 Å². The van der Waals surface area contributed by atoms with E-state index < -0.39 is 11.5 Å². The molecular formula is C21H20N2O5. The van der Waals surface area contributed by atoms with E-state index >= 15 is 0 Å². The molecule has 0 spiro atoms. The molecule has 0 saturated carbocycles. The minimum absolute atomic E-state index is 0.00581. The van der Waals surface area contributed by atoms with E-state index in [1.54, 1.807) is 35.2 Å². The Labute approximate surface area is 160 Å². The summed E-state index contributed by atoms with van der Waals surface area (Å²) in [5.74, 6) is -0.216. The lowest BCUT2D eigenvalue weighted by molar-refractivity contribution is 0.0683. The third-order valence-corrected chi connectivity index (χ3v) is 5.11. The molecule has 0 unspecified atom stereocenters. The van der Waals surface area contributed by atoms with Gasteiger partial charge in [0.15, 0.2) is 0 Å². The van der Waals surface area contributed by atoms with Crippen molar-refractivity contribution in [2.45, 2.75) is 12.8 Å². The number of para-hydroxylation sites is 1. The Kier molecular flexibility index (Phi) is 4.97. The van der Waals surface area contributed by atoms with Gasteiger partial charge in [0.05, 0.1) is 11.8 Å². The van der Waals surface area contributed by atoms with Gasteiger partial charge in [0.2, 0.25) is 0 Å². The highest BCUT2D eigenvalue weighted by Crippen LogP contribution is 2.19. The predicted octanol–water partition coefficient (Wildman–Crippen LogP) is 2.67. The quantitative estimate of drug-likeness (QED) is 0.703. The summed E-state index contributed by atoms with van der Waals surface area (Å²) in [5, 5.41) is 3.54. The van der Waals surface area contributed by atoms with Crippen LogP contribution in [0.4, 0.5) is 0 Å². The van der Waals surface area contributed by atoms with E-state index in [1.807, 2.05) is 6.07 Å². The Bertz CT molecular complexity index is 1050. The van der Waals surface area contributed by atoms with E-state index in [0.717, 1.165) is 12.8 Å². The standard InChI is InChI=1S/C21H20N2O5/c24-19(17-11-15-3-1-2-4-18(15)28-21(17)26)22-12-14-5-8-23(9-6-14)20(25)16-7-10-27-13-16/h1-4,7,10-11,13-14H,5-6,8-9,12H2,(H,22,24). The number of carbonyl (C=O) groups excluding carboxylic acids is 2. The SMILES string of the molecule is O=C(NCC1CCN(C(=O)c2ccoc2)CC1)c1cc2ccccc2oc1=O. The maximum Gasteiger partial charge on any atom is 0.349 e. The summed E-state index contributed by atoms with van der Waals surface area (Å²) >= 11 is 0. The third kappa shape index (κ3) is 3.69. The second kappa shape index (κ2) is 7.72. The van der Waals surface area contributed by atoms with Crippen molar-refractivity contribution in [2.75, 3.05) is 19.6 Å². The van der Waals surface area contributed by atoms with Crippen LogP contribution in [0.5, 0.6) is 0 Å². The van der Waals surface area contributed by atoms with Crippen LogP contribution in [0.1, 0.15) is 33.6 Å². The fourth-order valence-electron chi connectivity index (χ4n) is 3.46. The lowest BCUT2D eigenvalue weighted by Crippen LogP contribution is -2.41. The van der Waals surface area contributed by atoms with Gasteiger partial charge >= 0.3 is 5.63 Å². The molecule has 2 aromatic heterocycles. The maximum absolute atomic E-state index is 12.4. The van der Waals surface area contributed by atoms with E-state index in [9.17, 15) is 14.4 Å². The van der Waals surface area contributed by atoms with Crippen molar-refractivity contribution in [1.82, 2.24) is 10.2 Å². The molecule has 144 valence electrons. The molecule has 1 N–H and O–H groups in total. The number of rotatable bonds is 4. The summed E-state index contributed by atoms with van der Waals surface area (Å²) < 4.78 is 10.2. The van der Waals surface area contributed by atoms with E-state index in [2.05, 4.69) is 5.32 Å². The first-order chi connectivity index (χ1) is 13.6. The molecule has 1 aliphatic heterocycles. The fraction of sp³-hybridized carbons (Fsp3) is 0.286. The number of likely N-dealkylation sites (tertiary alicyclic amines) is 1. The highest BCUT2D eigenvalue weighted by atomic mass is 16.4. The van der Waals surface area contributed by atoms with Crippen molar-refractivity contribution in [3.8, 4) is 0 Å². The molecular weight excluding hydrogens is 360 g/mol. The number of nitrogens with zero attached hydrogens (tertiary/aromatic N) is 1. The van der Waals surface area contributed by atoms with Gasteiger partial charge in [0, 0.05) is 25.0 Å². The van der Waals surface area contributed by atoms with Gasteiger partial charge in [0.1, 0.15) is 17.4 Å². The first-order valence-corrected chi connectivity index (χ1v) is 9.24. The average Bonchev–Trinajstić information content (AvgIpc) is 3.26. The molecule has 1 aromatic carbocycles.